The lowest BCUT2D eigenvalue weighted by atomic mass is 9.89. The molecule has 7 aromatic rings. The highest BCUT2D eigenvalue weighted by Crippen LogP contribution is 2.74. The van der Waals surface area contributed by atoms with Crippen LogP contribution in [0.25, 0.3) is 46.6 Å². The monoisotopic (exact) mass is 2140 g/mol. The van der Waals surface area contributed by atoms with Crippen LogP contribution in [0.5, 0.6) is 0 Å². The Kier molecular flexibility index (Phi) is 39.6. The molecule has 0 aliphatic carbocycles. The van der Waals surface area contributed by atoms with E-state index in [1.54, 1.807) is 51.8 Å². The zero-order chi connectivity index (χ0) is 101. The van der Waals surface area contributed by atoms with Crippen molar-refractivity contribution in [3.63, 3.8) is 0 Å². The summed E-state index contributed by atoms with van der Waals surface area (Å²) in [5.41, 5.74) is -5.01. The van der Waals surface area contributed by atoms with Crippen molar-refractivity contribution in [1.82, 2.24) is 77.5 Å². The largest absolute Gasteiger partial charge is 0.478 e. The van der Waals surface area contributed by atoms with Gasteiger partial charge in [-0.1, -0.05) is 13.8 Å². The Morgan fingerprint density at radius 1 is 0.479 bits per heavy atom. The number of H-pyrrole nitrogens is 4. The van der Waals surface area contributed by atoms with Crippen molar-refractivity contribution in [3.8, 4) is 0 Å². The maximum atomic E-state index is 14.0. The molecule has 0 spiro atoms. The van der Waals surface area contributed by atoms with Gasteiger partial charge < -0.3 is 63.0 Å². The van der Waals surface area contributed by atoms with Crippen molar-refractivity contribution >= 4 is 156 Å². The molecule has 52 nitrogen and oxygen atoms in total. The van der Waals surface area contributed by atoms with E-state index in [0.717, 1.165) is 9.13 Å². The summed E-state index contributed by atoms with van der Waals surface area (Å²) in [7, 11) is -13.5. The van der Waals surface area contributed by atoms with E-state index < -0.39 is 200 Å². The SMILES string of the molecule is [C-]#[N+]CCO[P+](S)(OC[C@H]1O[C@@H](n2cnc3c(=O)[nH]c(/N=C/N(C)C)nc32)CC1O[P+](S)(OCC[N+]#[C-])OC[C@H]1O[C@@H](n2cc(C)c(=O)[nH]c2=O)CC1O[P+](S)(OCC[N+]#[C-])OC[C@H]1O[C@@H](n2cnc3c(=O)[nH]c(/N=C/N(C)C)nc32)CC1O[P+](S)(OCC[N+]#[C-])OC[C@H]1O[C@@H](n2cc(C)c(=O)[nH]c2=O)CC1O[P+](S)(OCC[N+]#[C-])OC[C@H]1O[C@@H](n2ccc(NC(C)=O)nc2=O)CC1C(C)C)OC(C)C. The minimum absolute atomic E-state index is 0.0105. The Morgan fingerprint density at radius 3 is 1.14 bits per heavy atom. The first-order valence-corrected chi connectivity index (χ1v) is 56.9. The molecule has 12 rings (SSSR count). The Morgan fingerprint density at radius 2 is 0.807 bits per heavy atom. The number of aromatic amines is 4. The van der Waals surface area contributed by atoms with E-state index in [0.29, 0.717) is 6.42 Å². The highest BCUT2D eigenvalue weighted by Gasteiger charge is 2.61. The molecule has 0 aromatic carbocycles. The number of hydrogen-bond acceptors (Lipinski definition) is 40. The summed E-state index contributed by atoms with van der Waals surface area (Å²) < 4.78 is 139. The summed E-state index contributed by atoms with van der Waals surface area (Å²) in [6.45, 7) is 45.2. The summed E-state index contributed by atoms with van der Waals surface area (Å²) in [5, 5.41) is 2.50. The van der Waals surface area contributed by atoms with E-state index >= 15 is 0 Å². The number of thiol groups is 5. The summed E-state index contributed by atoms with van der Waals surface area (Å²) in [6, 6.07) is 1.46. The number of amides is 1. The van der Waals surface area contributed by atoms with Gasteiger partial charge in [-0.3, -0.25) is 66.7 Å². The lowest BCUT2D eigenvalue weighted by Crippen LogP contribution is -2.34. The molecule has 5 aliphatic rings. The number of aromatic nitrogens is 14. The van der Waals surface area contributed by atoms with Gasteiger partial charge >= 0.3 is 52.8 Å². The summed E-state index contributed by atoms with van der Waals surface area (Å²) in [4.78, 5) is 168. The molecule has 10 unspecified atom stereocenters. The number of nitrogens with one attached hydrogen (secondary N) is 5. The smallest absolute Gasteiger partial charge is 0.369 e. The van der Waals surface area contributed by atoms with Crippen molar-refractivity contribution < 1.29 is 96.3 Å². The first-order chi connectivity index (χ1) is 66.6. The molecule has 5 N–H and O–H groups in total. The maximum absolute atomic E-state index is 14.0. The van der Waals surface area contributed by atoms with E-state index in [9.17, 15) is 38.4 Å². The molecule has 0 saturated carbocycles. The van der Waals surface area contributed by atoms with E-state index in [2.05, 4.69) is 84.4 Å². The second-order valence-electron chi connectivity index (χ2n) is 32.8. The third kappa shape index (κ3) is 29.6. The minimum atomic E-state index is -4.33. The number of carbonyl (C=O) groups is 1. The van der Waals surface area contributed by atoms with Crippen LogP contribution in [-0.4, -0.2) is 284 Å². The van der Waals surface area contributed by atoms with Crippen LogP contribution in [0.15, 0.2) is 80.9 Å². The average Bonchev–Trinajstić information content (AvgIpc) is 1.63. The van der Waals surface area contributed by atoms with Crippen LogP contribution >= 0.6 is 97.0 Å². The van der Waals surface area contributed by atoms with Crippen LogP contribution in [0.2, 0.25) is 0 Å². The summed E-state index contributed by atoms with van der Waals surface area (Å²) in [6.07, 6.45) is -8.09. The van der Waals surface area contributed by atoms with Gasteiger partial charge in [0.05, 0.1) is 92.7 Å². The number of rotatable bonds is 51. The lowest BCUT2D eigenvalue weighted by molar-refractivity contribution is -0.114. The van der Waals surface area contributed by atoms with E-state index in [1.807, 2.05) is 13.8 Å². The van der Waals surface area contributed by atoms with Crippen molar-refractivity contribution in [2.75, 3.05) is 132 Å². The fourth-order valence-electron chi connectivity index (χ4n) is 14.8. The molecule has 5 saturated heterocycles. The fraction of sp³-hybridized carbons (Fsp3) is 0.615. The van der Waals surface area contributed by atoms with Crippen LogP contribution < -0.4 is 44.6 Å². The summed E-state index contributed by atoms with van der Waals surface area (Å²) in [5.74, 6) is -0.892. The molecule has 140 heavy (non-hydrogen) atoms. The second kappa shape index (κ2) is 50.1. The number of carbonyl (C=O) groups excluding carboxylic acids is 1. The predicted octanol–water partition coefficient (Wildman–Crippen LogP) is 9.10. The van der Waals surface area contributed by atoms with Crippen molar-refractivity contribution in [3.05, 3.63) is 178 Å². The Hall–Kier alpha value is -8.10. The zero-order valence-electron chi connectivity index (χ0n) is 77.5. The Balaban J connectivity index is 0.865. The third-order valence-corrected chi connectivity index (χ3v) is 33.9. The fourth-order valence-corrected chi connectivity index (χ4v) is 26.1. The van der Waals surface area contributed by atoms with Gasteiger partial charge in [-0.15, -0.1) is 0 Å². The van der Waals surface area contributed by atoms with Crippen LogP contribution in [0, 0.1) is 58.5 Å². The molecule has 7 aromatic heterocycles. The van der Waals surface area contributed by atoms with Crippen LogP contribution in [0.1, 0.15) is 109 Å². The van der Waals surface area contributed by atoms with Crippen molar-refractivity contribution in [1.29, 1.82) is 0 Å². The first kappa shape index (κ1) is 111. The van der Waals surface area contributed by atoms with Gasteiger partial charge in [0.2, 0.25) is 50.5 Å². The third-order valence-electron chi connectivity index (χ3n) is 21.2. The molecule has 758 valence electrons. The number of fused-ring (bicyclic) bond motifs is 2. The molecular weight excluding hydrogens is 2040 g/mol. The number of nitrogens with zero attached hydrogens (tertiary/aromatic N) is 19. The average molecular weight is 2150 g/mol. The Bertz CT molecular complexity index is 6230. The molecule has 12 heterocycles. The number of imidazole rings is 2. The normalized spacial score (nSPS) is 24.8. The maximum Gasteiger partial charge on any atom is 0.478 e. The number of aliphatic imine (C=N–C) groups is 2. The van der Waals surface area contributed by atoms with E-state index in [-0.39, 0.29) is 161 Å². The number of ether oxygens (including phenoxy) is 5. The molecule has 20 atom stereocenters. The quantitative estimate of drug-likeness (QED) is 0.00424. The van der Waals surface area contributed by atoms with E-state index in [4.69, 9.17) is 186 Å². The highest BCUT2D eigenvalue weighted by atomic mass is 32.7. The molecular formula is C78H108N24O28P5S5+5. The van der Waals surface area contributed by atoms with Crippen LogP contribution in [0.3, 0.4) is 0 Å². The van der Waals surface area contributed by atoms with Crippen molar-refractivity contribution in [2.24, 2.45) is 21.8 Å². The summed E-state index contributed by atoms with van der Waals surface area (Å²) >= 11 is 24.9. The van der Waals surface area contributed by atoms with Gasteiger partial charge in [0.25, 0.3) is 22.2 Å². The molecule has 1 amide bonds. The molecule has 5 fully saturated rings. The van der Waals surface area contributed by atoms with Crippen LogP contribution in [-0.2, 0) is 96.3 Å². The minimum Gasteiger partial charge on any atom is -0.369 e. The van der Waals surface area contributed by atoms with Crippen molar-refractivity contribution in [2.45, 2.75) is 173 Å². The zero-order valence-corrected chi connectivity index (χ0v) is 86.4. The highest BCUT2D eigenvalue weighted by molar-refractivity contribution is 8.49. The molecule has 62 heteroatoms. The number of aryl methyl sites for hydroxylation is 2. The molecule has 0 radical (unpaired) electrons. The van der Waals surface area contributed by atoms with Gasteiger partial charge in [0.1, 0.15) is 125 Å². The van der Waals surface area contributed by atoms with Crippen LogP contribution in [0.4, 0.5) is 17.7 Å². The lowest BCUT2D eigenvalue weighted by Gasteiger charge is -2.26. The second-order valence-corrected chi connectivity index (χ2v) is 48.5. The van der Waals surface area contributed by atoms with Gasteiger partial charge in [0.15, 0.2) is 55.4 Å². The van der Waals surface area contributed by atoms with E-state index in [1.165, 1.54) is 84.5 Å². The van der Waals surface area contributed by atoms with Gasteiger partial charge in [0, 0.05) is 90.5 Å². The molecule has 0 bridgehead atoms. The topological polar surface area (TPSA) is 538 Å². The van der Waals surface area contributed by atoms with Gasteiger partial charge in [-0.05, 0) is 52.0 Å². The van der Waals surface area contributed by atoms with Gasteiger partial charge in [-0.2, -0.15) is 82.8 Å². The molecule has 5 aliphatic heterocycles. The number of anilines is 1. The number of hydrogen-bond donors (Lipinski definition) is 10. The standard InChI is InChI=1S/C78H103N24O28P5S5/c1-45(2)50-29-61(98-23-17-60(88-49(7)103)89-76(98)108)121-55(50)36-116-132(137,112-25-19-80-9)127-51-30-62(99-34-47(5)70(104)94-77(99)109)122-56(51)38-118-135(140,115-28-22-83-12)130-54-33-65(102-44-85-67-69(102)91-75(93-73(67)107)87-42-97(15)16)125-59(54)40-120-133(138,113-26-20-81-10)128-52-31-63(100-35-48(6)71(105)95-78(100)110)123-57(52)39-119-134(139,114-27-21-82-11)129-53-32-64(124-58(53)37-117-131(136,126-46(3)4)111-24-18-79-8)101-43-84-66-68(101)90-74(92-72(66)106)86-41-96(13)14/h17,23,34-35,41-46,50-59,61-65,136-140H,18-22,24-33,36-40H2,1-7,13-16H3/p+5/b86-41+,87-42+/t50?,51?,52?,53?,54?,55-,56-,57-,58-,59-,61-,62-,63-,64-,65-,131?,132?,133?,134?,135?/m1/s1. The predicted molar refractivity (Wildman–Crippen MR) is 528 cm³/mol. The first-order valence-electron chi connectivity index (χ1n) is 43.4. The van der Waals surface area contributed by atoms with Gasteiger partial charge in [-0.25, -0.2) is 67.2 Å². The Labute approximate surface area is 829 Å².